The molecule has 0 fully saturated rings. The number of imidazole rings is 1. The van der Waals surface area contributed by atoms with Crippen molar-refractivity contribution >= 4 is 5.91 Å². The summed E-state index contributed by atoms with van der Waals surface area (Å²) in [6, 6.07) is 24.0. The number of rotatable bonds is 5. The predicted molar refractivity (Wildman–Crippen MR) is 116 cm³/mol. The zero-order valence-electron chi connectivity index (χ0n) is 16.8. The number of aryl methyl sites for hydroxylation is 1. The normalized spacial score (nSPS) is 11.8. The Morgan fingerprint density at radius 1 is 0.967 bits per heavy atom. The maximum atomic E-state index is 14.2. The first-order valence-corrected chi connectivity index (χ1v) is 9.80. The van der Waals surface area contributed by atoms with E-state index in [2.05, 4.69) is 15.3 Å². The van der Waals surface area contributed by atoms with Crippen LogP contribution in [0.5, 0.6) is 0 Å². The van der Waals surface area contributed by atoms with E-state index in [0.29, 0.717) is 28.3 Å². The van der Waals surface area contributed by atoms with Crippen molar-refractivity contribution in [3.05, 3.63) is 102 Å². The smallest absolute Gasteiger partial charge is 0.270 e. The highest BCUT2D eigenvalue weighted by molar-refractivity contribution is 5.99. The molecule has 5 heteroatoms. The van der Waals surface area contributed by atoms with Crippen molar-refractivity contribution < 1.29 is 9.18 Å². The van der Waals surface area contributed by atoms with Gasteiger partial charge < -0.3 is 10.3 Å². The van der Waals surface area contributed by atoms with Gasteiger partial charge in [0.25, 0.3) is 5.91 Å². The van der Waals surface area contributed by atoms with Gasteiger partial charge in [0.05, 0.1) is 6.04 Å². The Morgan fingerprint density at radius 2 is 1.63 bits per heavy atom. The van der Waals surface area contributed by atoms with Gasteiger partial charge in [-0.3, -0.25) is 4.79 Å². The molecule has 0 spiro atoms. The lowest BCUT2D eigenvalue weighted by molar-refractivity contribution is 0.0936. The first-order chi connectivity index (χ1) is 14.5. The van der Waals surface area contributed by atoms with Crippen LogP contribution in [-0.4, -0.2) is 15.9 Å². The van der Waals surface area contributed by atoms with Crippen molar-refractivity contribution in [1.82, 2.24) is 15.3 Å². The molecule has 1 amide bonds. The fraction of sp³-hybridized carbons (Fsp3) is 0.120. The number of halogens is 1. The number of benzene rings is 3. The molecule has 0 saturated carbocycles. The van der Waals surface area contributed by atoms with Crippen LogP contribution in [0.15, 0.2) is 78.9 Å². The van der Waals surface area contributed by atoms with E-state index in [1.807, 2.05) is 67.6 Å². The summed E-state index contributed by atoms with van der Waals surface area (Å²) in [7, 11) is 0. The third kappa shape index (κ3) is 4.01. The highest BCUT2D eigenvalue weighted by Crippen LogP contribution is 2.28. The molecule has 4 rings (SSSR count). The van der Waals surface area contributed by atoms with Crippen molar-refractivity contribution in [3.63, 3.8) is 0 Å². The minimum atomic E-state index is -0.333. The van der Waals surface area contributed by atoms with Gasteiger partial charge in [-0.25, -0.2) is 9.37 Å². The third-order valence-corrected chi connectivity index (χ3v) is 5.07. The molecule has 1 aromatic heterocycles. The molecule has 2 N–H and O–H groups in total. The number of aromatic nitrogens is 2. The zero-order valence-corrected chi connectivity index (χ0v) is 16.8. The van der Waals surface area contributed by atoms with Crippen LogP contribution in [0.3, 0.4) is 0 Å². The highest BCUT2D eigenvalue weighted by atomic mass is 19.1. The average Bonchev–Trinajstić information content (AvgIpc) is 3.22. The summed E-state index contributed by atoms with van der Waals surface area (Å²) in [5.74, 6) is -0.0677. The van der Waals surface area contributed by atoms with E-state index in [4.69, 9.17) is 0 Å². The number of amides is 1. The number of aromatic amines is 1. The molecule has 30 heavy (non-hydrogen) atoms. The van der Waals surface area contributed by atoms with E-state index in [1.165, 1.54) is 6.07 Å². The summed E-state index contributed by atoms with van der Waals surface area (Å²) in [5, 5.41) is 3.01. The standard InChI is InChI=1S/C25H22FN3O/c1-16-13-14-20(15-21(16)26)22-23(29-24(28-22)19-11-7-4-8-12-19)25(30)27-17(2)18-9-5-3-6-10-18/h3-15,17H,1-2H3,(H,27,30)(H,28,29). The van der Waals surface area contributed by atoms with Crippen molar-refractivity contribution in [2.75, 3.05) is 0 Å². The Bertz CT molecular complexity index is 1170. The minimum absolute atomic E-state index is 0.190. The van der Waals surface area contributed by atoms with Gasteiger partial charge in [-0.15, -0.1) is 0 Å². The van der Waals surface area contributed by atoms with Crippen molar-refractivity contribution in [2.45, 2.75) is 19.9 Å². The van der Waals surface area contributed by atoms with Crippen LogP contribution in [0.2, 0.25) is 0 Å². The van der Waals surface area contributed by atoms with Crippen molar-refractivity contribution in [2.24, 2.45) is 0 Å². The van der Waals surface area contributed by atoms with Gasteiger partial charge >= 0.3 is 0 Å². The molecule has 3 aromatic carbocycles. The first kappa shape index (κ1) is 19.6. The van der Waals surface area contributed by atoms with E-state index in [-0.39, 0.29) is 17.8 Å². The summed E-state index contributed by atoms with van der Waals surface area (Å²) >= 11 is 0. The summed E-state index contributed by atoms with van der Waals surface area (Å²) in [4.78, 5) is 20.9. The van der Waals surface area contributed by atoms with Crippen LogP contribution in [0.1, 0.15) is 34.6 Å². The average molecular weight is 399 g/mol. The van der Waals surface area contributed by atoms with E-state index < -0.39 is 0 Å². The Labute approximate surface area is 174 Å². The van der Waals surface area contributed by atoms with Gasteiger partial charge in [-0.1, -0.05) is 72.8 Å². The summed E-state index contributed by atoms with van der Waals surface area (Å²) < 4.78 is 14.2. The van der Waals surface area contributed by atoms with Crippen LogP contribution < -0.4 is 5.32 Å². The molecular weight excluding hydrogens is 377 g/mol. The fourth-order valence-electron chi connectivity index (χ4n) is 3.31. The quantitative estimate of drug-likeness (QED) is 0.453. The molecule has 1 heterocycles. The molecule has 4 aromatic rings. The number of hydrogen-bond donors (Lipinski definition) is 2. The SMILES string of the molecule is Cc1ccc(-c2nc(-c3ccccc3)[nH]c2C(=O)NC(C)c2ccccc2)cc1F. The van der Waals surface area contributed by atoms with Gasteiger partial charge in [0.1, 0.15) is 23.0 Å². The second-order valence-electron chi connectivity index (χ2n) is 7.24. The number of H-pyrrole nitrogens is 1. The van der Waals surface area contributed by atoms with Crippen molar-refractivity contribution in [1.29, 1.82) is 0 Å². The van der Waals surface area contributed by atoms with Crippen LogP contribution in [0, 0.1) is 12.7 Å². The van der Waals surface area contributed by atoms with E-state index in [0.717, 1.165) is 11.1 Å². The predicted octanol–water partition coefficient (Wildman–Crippen LogP) is 5.68. The lowest BCUT2D eigenvalue weighted by Crippen LogP contribution is -2.27. The molecule has 0 aliphatic heterocycles. The van der Waals surface area contributed by atoms with Gasteiger partial charge in [0.15, 0.2) is 0 Å². The van der Waals surface area contributed by atoms with Gasteiger partial charge in [0, 0.05) is 11.1 Å². The molecule has 150 valence electrons. The molecule has 4 nitrogen and oxygen atoms in total. The van der Waals surface area contributed by atoms with Crippen LogP contribution >= 0.6 is 0 Å². The number of nitrogens with one attached hydrogen (secondary N) is 2. The van der Waals surface area contributed by atoms with E-state index in [1.54, 1.807) is 19.1 Å². The third-order valence-electron chi connectivity index (χ3n) is 5.07. The van der Waals surface area contributed by atoms with Gasteiger partial charge in [0.2, 0.25) is 0 Å². The molecule has 0 radical (unpaired) electrons. The monoisotopic (exact) mass is 399 g/mol. The van der Waals surface area contributed by atoms with Crippen LogP contribution in [0.25, 0.3) is 22.6 Å². The van der Waals surface area contributed by atoms with E-state index >= 15 is 0 Å². The maximum absolute atomic E-state index is 14.2. The van der Waals surface area contributed by atoms with Crippen molar-refractivity contribution in [3.8, 4) is 22.6 Å². The maximum Gasteiger partial charge on any atom is 0.270 e. The molecule has 0 bridgehead atoms. The van der Waals surface area contributed by atoms with E-state index in [9.17, 15) is 9.18 Å². The zero-order chi connectivity index (χ0) is 21.1. The lowest BCUT2D eigenvalue weighted by Gasteiger charge is -2.14. The summed E-state index contributed by atoms with van der Waals surface area (Å²) in [5.41, 5.74) is 3.67. The molecule has 1 unspecified atom stereocenters. The fourth-order valence-corrected chi connectivity index (χ4v) is 3.31. The molecular formula is C25H22FN3O. The Morgan fingerprint density at radius 3 is 2.30 bits per heavy atom. The second kappa shape index (κ2) is 8.33. The minimum Gasteiger partial charge on any atom is -0.344 e. The summed E-state index contributed by atoms with van der Waals surface area (Å²) in [6.45, 7) is 3.63. The first-order valence-electron chi connectivity index (χ1n) is 9.80. The number of carbonyl (C=O) groups excluding carboxylic acids is 1. The van der Waals surface area contributed by atoms with Crippen LogP contribution in [-0.2, 0) is 0 Å². The largest absolute Gasteiger partial charge is 0.344 e. The molecule has 0 aliphatic carbocycles. The number of carbonyl (C=O) groups is 1. The Kier molecular flexibility index (Phi) is 5.44. The number of nitrogens with zero attached hydrogens (tertiary/aromatic N) is 1. The van der Waals surface area contributed by atoms with Gasteiger partial charge in [-0.05, 0) is 31.0 Å². The molecule has 1 atom stereocenters. The number of hydrogen-bond acceptors (Lipinski definition) is 2. The lowest BCUT2D eigenvalue weighted by atomic mass is 10.1. The van der Waals surface area contributed by atoms with Gasteiger partial charge in [-0.2, -0.15) is 0 Å². The Balaban J connectivity index is 1.74. The van der Waals surface area contributed by atoms with Crippen LogP contribution in [0.4, 0.5) is 4.39 Å². The Hall–Kier alpha value is -3.73. The topological polar surface area (TPSA) is 57.8 Å². The highest BCUT2D eigenvalue weighted by Gasteiger charge is 2.21. The second-order valence-corrected chi connectivity index (χ2v) is 7.24. The summed E-state index contributed by atoms with van der Waals surface area (Å²) in [6.07, 6.45) is 0. The molecule has 0 saturated heterocycles. The molecule has 0 aliphatic rings.